The van der Waals surface area contributed by atoms with Crippen molar-refractivity contribution in [1.29, 1.82) is 5.41 Å². The summed E-state index contributed by atoms with van der Waals surface area (Å²) in [5.41, 5.74) is 1.26. The Bertz CT molecular complexity index is 1230. The second-order valence-electron chi connectivity index (χ2n) is 8.67. The molecule has 1 aliphatic carbocycles. The fraction of sp³-hybridized carbons (Fsp3) is 0.346. The molecule has 2 fully saturated rings. The molecule has 2 aliphatic rings. The summed E-state index contributed by atoms with van der Waals surface area (Å²) in [5.74, 6) is 0.470. The number of hydrogen-bond donors (Lipinski definition) is 2. The van der Waals surface area contributed by atoms with Crippen LogP contribution in [0.4, 0.5) is 0 Å². The molecule has 5 rings (SSSR count). The first-order chi connectivity index (χ1) is 16.2. The highest BCUT2D eigenvalue weighted by atomic mass is 32.2. The van der Waals surface area contributed by atoms with Crippen LogP contribution in [-0.2, 0) is 11.3 Å². The third-order valence-electron chi connectivity index (χ3n) is 5.98. The lowest BCUT2D eigenvalue weighted by atomic mass is 10.1. The molecular weight excluding hydrogens is 432 g/mol. The van der Waals surface area contributed by atoms with Gasteiger partial charge in [-0.3, -0.25) is 4.79 Å². The molecule has 1 aromatic heterocycles. The lowest BCUT2D eigenvalue weighted by molar-refractivity contribution is 0.000244. The van der Waals surface area contributed by atoms with E-state index >= 15 is 0 Å². The molecule has 1 saturated carbocycles. The minimum absolute atomic E-state index is 0.0304. The maximum Gasteiger partial charge on any atom is 0.274 e. The quantitative estimate of drug-likeness (QED) is 0.464. The molecular formula is C26H28N4O2S. The number of nitrogens with zero attached hydrogens (tertiary/aromatic N) is 2. The van der Waals surface area contributed by atoms with Gasteiger partial charge >= 0.3 is 0 Å². The molecule has 1 saturated heterocycles. The molecule has 7 heteroatoms. The van der Waals surface area contributed by atoms with Gasteiger partial charge in [-0.1, -0.05) is 30.0 Å². The zero-order chi connectivity index (χ0) is 22.6. The molecule has 1 unspecified atom stereocenters. The molecule has 2 N–H and O–H groups in total. The zero-order valence-electron chi connectivity index (χ0n) is 18.5. The Labute approximate surface area is 197 Å². The standard InChI is InChI=1S/C26H28N4O2S/c27-20(15-24(18-9-10-18)29-25-8-4-5-13-32-25)17-30-26(31)23-12-11-22(14-19(23)16-28-30)33-21-6-2-1-3-7-21/h1-3,6-7,11-12,14-16,18,25,27,29H,4-5,8-10,13,17H2/b24-15-,27-20?. The molecule has 0 amide bonds. The molecule has 170 valence electrons. The minimum Gasteiger partial charge on any atom is -0.363 e. The van der Waals surface area contributed by atoms with Crippen LogP contribution < -0.4 is 10.9 Å². The fourth-order valence-corrected chi connectivity index (χ4v) is 4.96. The first-order valence-corrected chi connectivity index (χ1v) is 12.4. The van der Waals surface area contributed by atoms with Gasteiger partial charge < -0.3 is 15.5 Å². The van der Waals surface area contributed by atoms with Crippen LogP contribution in [0, 0.1) is 11.3 Å². The van der Waals surface area contributed by atoms with Gasteiger partial charge in [0, 0.05) is 27.5 Å². The third-order valence-corrected chi connectivity index (χ3v) is 6.97. The summed E-state index contributed by atoms with van der Waals surface area (Å²) in [4.78, 5) is 15.2. The molecule has 1 atom stereocenters. The van der Waals surface area contributed by atoms with E-state index in [-0.39, 0.29) is 18.3 Å². The number of fused-ring (bicyclic) bond motifs is 1. The average molecular weight is 461 g/mol. The van der Waals surface area contributed by atoms with E-state index in [2.05, 4.69) is 22.5 Å². The van der Waals surface area contributed by atoms with Gasteiger partial charge in [0.25, 0.3) is 5.56 Å². The van der Waals surface area contributed by atoms with Crippen molar-refractivity contribution >= 4 is 28.2 Å². The van der Waals surface area contributed by atoms with Crippen LogP contribution in [0.3, 0.4) is 0 Å². The van der Waals surface area contributed by atoms with Crippen molar-refractivity contribution in [1.82, 2.24) is 15.1 Å². The third kappa shape index (κ3) is 5.54. The molecule has 6 nitrogen and oxygen atoms in total. The van der Waals surface area contributed by atoms with Crippen molar-refractivity contribution in [3.63, 3.8) is 0 Å². The Balaban J connectivity index is 1.31. The highest BCUT2D eigenvalue weighted by Crippen LogP contribution is 2.35. The Hall–Kier alpha value is -2.90. The summed E-state index contributed by atoms with van der Waals surface area (Å²) in [6.07, 6.45) is 9.16. The highest BCUT2D eigenvalue weighted by molar-refractivity contribution is 7.99. The summed E-state index contributed by atoms with van der Waals surface area (Å²) in [6.45, 7) is 0.938. The van der Waals surface area contributed by atoms with Gasteiger partial charge in [0.2, 0.25) is 0 Å². The van der Waals surface area contributed by atoms with E-state index in [9.17, 15) is 4.79 Å². The average Bonchev–Trinajstić information content (AvgIpc) is 3.68. The fourth-order valence-electron chi connectivity index (χ4n) is 4.07. The molecule has 0 spiro atoms. The number of aromatic nitrogens is 2. The van der Waals surface area contributed by atoms with E-state index in [0.717, 1.165) is 59.6 Å². The lowest BCUT2D eigenvalue weighted by Crippen LogP contribution is -2.35. The van der Waals surface area contributed by atoms with Gasteiger partial charge in [-0.2, -0.15) is 5.10 Å². The van der Waals surface area contributed by atoms with Crippen LogP contribution in [0.1, 0.15) is 32.1 Å². The van der Waals surface area contributed by atoms with Gasteiger partial charge in [-0.05, 0) is 74.4 Å². The SMILES string of the molecule is N=C(/C=C(\NC1CCCCO1)C1CC1)Cn1ncc2cc(Sc3ccccc3)ccc2c1=O. The number of allylic oxidation sites excluding steroid dienone is 2. The zero-order valence-corrected chi connectivity index (χ0v) is 19.3. The first-order valence-electron chi connectivity index (χ1n) is 11.6. The van der Waals surface area contributed by atoms with E-state index < -0.39 is 0 Å². The van der Waals surface area contributed by atoms with Gasteiger partial charge in [0.1, 0.15) is 6.23 Å². The van der Waals surface area contributed by atoms with E-state index in [4.69, 9.17) is 10.1 Å². The van der Waals surface area contributed by atoms with Crippen molar-refractivity contribution in [2.75, 3.05) is 6.61 Å². The molecule has 2 heterocycles. The van der Waals surface area contributed by atoms with Crippen LogP contribution in [0.2, 0.25) is 0 Å². The predicted molar refractivity (Wildman–Crippen MR) is 132 cm³/mol. The second kappa shape index (κ2) is 9.93. The Morgan fingerprint density at radius 2 is 2.00 bits per heavy atom. The Morgan fingerprint density at radius 3 is 2.76 bits per heavy atom. The predicted octanol–water partition coefficient (Wildman–Crippen LogP) is 4.98. The Kier molecular flexibility index (Phi) is 6.60. The largest absolute Gasteiger partial charge is 0.363 e. The summed E-state index contributed by atoms with van der Waals surface area (Å²) in [7, 11) is 0. The second-order valence-corrected chi connectivity index (χ2v) is 9.82. The van der Waals surface area contributed by atoms with Gasteiger partial charge in [-0.25, -0.2) is 4.68 Å². The summed E-state index contributed by atoms with van der Waals surface area (Å²) >= 11 is 1.66. The van der Waals surface area contributed by atoms with E-state index in [0.29, 0.717) is 17.0 Å². The molecule has 3 aromatic rings. The number of ether oxygens (including phenoxy) is 1. The highest BCUT2D eigenvalue weighted by Gasteiger charge is 2.28. The maximum atomic E-state index is 13.0. The summed E-state index contributed by atoms with van der Waals surface area (Å²) in [6, 6.07) is 16.0. The molecule has 33 heavy (non-hydrogen) atoms. The van der Waals surface area contributed by atoms with Crippen molar-refractivity contribution in [2.45, 2.75) is 54.7 Å². The summed E-state index contributed by atoms with van der Waals surface area (Å²) in [5, 5.41) is 17.8. The van der Waals surface area contributed by atoms with Crippen molar-refractivity contribution in [3.05, 3.63) is 76.9 Å². The van der Waals surface area contributed by atoms with Gasteiger partial charge in [0.05, 0.1) is 23.8 Å². The molecule has 1 aliphatic heterocycles. The maximum absolute atomic E-state index is 13.0. The van der Waals surface area contributed by atoms with Crippen molar-refractivity contribution in [3.8, 4) is 0 Å². The van der Waals surface area contributed by atoms with E-state index in [1.807, 2.05) is 42.5 Å². The summed E-state index contributed by atoms with van der Waals surface area (Å²) < 4.78 is 7.19. The Morgan fingerprint density at radius 1 is 1.15 bits per heavy atom. The number of rotatable bonds is 8. The van der Waals surface area contributed by atoms with E-state index in [1.165, 1.54) is 4.68 Å². The topological polar surface area (TPSA) is 80.0 Å². The molecule has 2 aromatic carbocycles. The lowest BCUT2D eigenvalue weighted by Gasteiger charge is -2.26. The van der Waals surface area contributed by atoms with E-state index in [1.54, 1.807) is 18.0 Å². The number of nitrogens with one attached hydrogen (secondary N) is 2. The minimum atomic E-state index is -0.168. The molecule has 0 radical (unpaired) electrons. The first kappa shape index (κ1) is 21.9. The number of hydrogen-bond acceptors (Lipinski definition) is 6. The van der Waals surface area contributed by atoms with Gasteiger partial charge in [0.15, 0.2) is 0 Å². The molecule has 0 bridgehead atoms. The smallest absolute Gasteiger partial charge is 0.274 e. The van der Waals surface area contributed by atoms with Crippen LogP contribution in [0.15, 0.2) is 81.1 Å². The van der Waals surface area contributed by atoms with Crippen molar-refractivity contribution < 1.29 is 4.74 Å². The van der Waals surface area contributed by atoms with Crippen LogP contribution in [0.5, 0.6) is 0 Å². The van der Waals surface area contributed by atoms with Crippen LogP contribution in [-0.4, -0.2) is 28.3 Å². The normalized spacial score (nSPS) is 18.9. The van der Waals surface area contributed by atoms with Crippen molar-refractivity contribution in [2.24, 2.45) is 5.92 Å². The number of benzene rings is 2. The van der Waals surface area contributed by atoms with Crippen LogP contribution >= 0.6 is 11.8 Å². The van der Waals surface area contributed by atoms with Crippen LogP contribution in [0.25, 0.3) is 10.8 Å². The van der Waals surface area contributed by atoms with Gasteiger partial charge in [-0.15, -0.1) is 0 Å². The monoisotopic (exact) mass is 460 g/mol.